The number of aliphatic hydroxyl groups is 1. The number of ketones is 1. The fraction of sp³-hybridized carbons (Fsp3) is 0.931. The predicted molar refractivity (Wildman–Crippen MR) is 148 cm³/mol. The standard InChI is InChI=1S/C29H53N3O7/c1-18-15-29(5,36-9)24(39-26-25(34)21(31(6)7)13-19(2)38-26)14-23(33)28(3,4)27(35)37-17-22(32(8)16-18)20-11-10-12-30-20/h18-22,24-26,30,34H,10-17H2,1-9H3/t18-,19-,20+,21+,22+,24-,25-,26+,29-/m1/s1. The number of nitrogens with one attached hydrogen (secondary N) is 1. The summed E-state index contributed by atoms with van der Waals surface area (Å²) in [5, 5.41) is 14.7. The van der Waals surface area contributed by atoms with Crippen LogP contribution in [0.1, 0.15) is 66.7 Å². The summed E-state index contributed by atoms with van der Waals surface area (Å²) in [6.45, 7) is 11.2. The average Bonchev–Trinajstić information content (AvgIpc) is 3.39. The maximum atomic E-state index is 13.7. The van der Waals surface area contributed by atoms with Gasteiger partial charge in [-0.25, -0.2) is 0 Å². The first-order chi connectivity index (χ1) is 18.2. The van der Waals surface area contributed by atoms with Gasteiger partial charge in [0, 0.05) is 32.2 Å². The van der Waals surface area contributed by atoms with Crippen molar-refractivity contribution in [3.8, 4) is 0 Å². The van der Waals surface area contributed by atoms with Gasteiger partial charge in [0.2, 0.25) is 0 Å². The first-order valence-corrected chi connectivity index (χ1v) is 14.5. The van der Waals surface area contributed by atoms with Crippen LogP contribution in [-0.4, -0.2) is 123 Å². The maximum absolute atomic E-state index is 13.7. The lowest BCUT2D eigenvalue weighted by molar-refractivity contribution is -0.289. The minimum atomic E-state index is -1.37. The van der Waals surface area contributed by atoms with Gasteiger partial charge in [-0.2, -0.15) is 0 Å². The Labute approximate surface area is 235 Å². The number of Topliss-reactive ketones (excluding diaryl/α,β-unsaturated/α-hetero) is 1. The molecule has 0 spiro atoms. The second kappa shape index (κ2) is 13.2. The van der Waals surface area contributed by atoms with E-state index in [0.717, 1.165) is 25.9 Å². The van der Waals surface area contributed by atoms with Crippen molar-refractivity contribution in [2.24, 2.45) is 11.3 Å². The molecule has 0 amide bonds. The zero-order valence-electron chi connectivity index (χ0n) is 25.6. The Morgan fingerprint density at radius 3 is 2.46 bits per heavy atom. The number of aliphatic hydroxyl groups excluding tert-OH is 1. The summed E-state index contributed by atoms with van der Waals surface area (Å²) in [4.78, 5) is 31.3. The average molecular weight is 556 g/mol. The van der Waals surface area contributed by atoms with Crippen LogP contribution in [0.15, 0.2) is 0 Å². The summed E-state index contributed by atoms with van der Waals surface area (Å²) in [7, 11) is 7.54. The van der Waals surface area contributed by atoms with Crippen molar-refractivity contribution in [2.75, 3.05) is 47.9 Å². The summed E-state index contributed by atoms with van der Waals surface area (Å²) >= 11 is 0. The lowest BCUT2D eigenvalue weighted by atomic mass is 9.79. The van der Waals surface area contributed by atoms with Crippen molar-refractivity contribution in [3.63, 3.8) is 0 Å². The smallest absolute Gasteiger partial charge is 0.319 e. The first-order valence-electron chi connectivity index (χ1n) is 14.5. The quantitative estimate of drug-likeness (QED) is 0.385. The molecule has 0 saturated carbocycles. The maximum Gasteiger partial charge on any atom is 0.319 e. The molecular formula is C29H53N3O7. The lowest BCUT2D eigenvalue weighted by Crippen LogP contribution is -2.57. The van der Waals surface area contributed by atoms with Crippen LogP contribution in [0.2, 0.25) is 0 Å². The van der Waals surface area contributed by atoms with E-state index in [1.807, 2.05) is 32.8 Å². The third-order valence-corrected chi connectivity index (χ3v) is 9.17. The van der Waals surface area contributed by atoms with Crippen LogP contribution < -0.4 is 5.32 Å². The second-order valence-corrected chi connectivity index (χ2v) is 13.1. The number of esters is 1. The zero-order valence-corrected chi connectivity index (χ0v) is 25.6. The third kappa shape index (κ3) is 7.58. The zero-order chi connectivity index (χ0) is 29.1. The van der Waals surface area contributed by atoms with E-state index in [4.69, 9.17) is 18.9 Å². The number of nitrogens with zero attached hydrogens (tertiary/aromatic N) is 2. The summed E-state index contributed by atoms with van der Waals surface area (Å²) in [6.07, 6.45) is 0.584. The van der Waals surface area contributed by atoms with E-state index in [1.54, 1.807) is 21.0 Å². The lowest BCUT2D eigenvalue weighted by Gasteiger charge is -2.45. The van der Waals surface area contributed by atoms with Crippen LogP contribution in [0.25, 0.3) is 0 Å². The molecule has 39 heavy (non-hydrogen) atoms. The molecule has 9 atom stereocenters. The fourth-order valence-electron chi connectivity index (χ4n) is 6.42. The van der Waals surface area contributed by atoms with E-state index in [2.05, 4.69) is 24.2 Å². The van der Waals surface area contributed by atoms with Gasteiger partial charge in [0.05, 0.1) is 23.9 Å². The summed E-state index contributed by atoms with van der Waals surface area (Å²) in [5.41, 5.74) is -2.24. The summed E-state index contributed by atoms with van der Waals surface area (Å²) in [5.74, 6) is -0.649. The highest BCUT2D eigenvalue weighted by Crippen LogP contribution is 2.36. The molecule has 0 radical (unpaired) electrons. The molecule has 226 valence electrons. The van der Waals surface area contributed by atoms with E-state index in [1.165, 1.54) is 0 Å². The molecule has 0 unspecified atom stereocenters. The highest BCUT2D eigenvalue weighted by Gasteiger charge is 2.48. The molecule has 0 aromatic rings. The normalized spacial score (nSPS) is 41.5. The van der Waals surface area contributed by atoms with E-state index < -0.39 is 35.5 Å². The van der Waals surface area contributed by atoms with E-state index in [9.17, 15) is 14.7 Å². The van der Waals surface area contributed by atoms with E-state index >= 15 is 0 Å². The molecular weight excluding hydrogens is 502 g/mol. The Hall–Kier alpha value is -1.14. The van der Waals surface area contributed by atoms with Crippen LogP contribution in [0, 0.1) is 11.3 Å². The number of carbonyl (C=O) groups is 2. The van der Waals surface area contributed by atoms with Crippen molar-refractivity contribution in [2.45, 2.75) is 115 Å². The van der Waals surface area contributed by atoms with Crippen LogP contribution in [-0.2, 0) is 28.5 Å². The Bertz CT molecular complexity index is 834. The Morgan fingerprint density at radius 1 is 1.18 bits per heavy atom. The molecule has 10 heteroatoms. The molecule has 0 aliphatic carbocycles. The van der Waals surface area contributed by atoms with Crippen molar-refractivity contribution >= 4 is 11.8 Å². The van der Waals surface area contributed by atoms with Crippen LogP contribution in [0.5, 0.6) is 0 Å². The first kappa shape index (κ1) is 32.4. The SMILES string of the molecule is CO[C@]1(C)C[C@@H](C)CN(C)[C@H]([C@@H]2CCCN2)COC(=O)C(C)(C)C(=O)C[C@H]1O[C@@H]1O[C@H](C)C[C@H](N(C)C)[C@H]1O. The molecule has 0 bridgehead atoms. The van der Waals surface area contributed by atoms with Gasteiger partial charge in [-0.05, 0) is 87.0 Å². The van der Waals surface area contributed by atoms with E-state index in [0.29, 0.717) is 12.8 Å². The molecule has 3 rings (SSSR count). The molecule has 3 aliphatic heterocycles. The minimum Gasteiger partial charge on any atom is -0.463 e. The molecule has 2 N–H and O–H groups in total. The molecule has 3 fully saturated rings. The van der Waals surface area contributed by atoms with Crippen molar-refractivity contribution in [1.82, 2.24) is 15.1 Å². The summed E-state index contributed by atoms with van der Waals surface area (Å²) < 4.78 is 24.5. The van der Waals surface area contributed by atoms with Crippen molar-refractivity contribution < 1.29 is 33.6 Å². The molecule has 3 saturated heterocycles. The largest absolute Gasteiger partial charge is 0.463 e. The number of carbonyl (C=O) groups excluding carboxylic acids is 2. The van der Waals surface area contributed by atoms with Crippen molar-refractivity contribution in [3.05, 3.63) is 0 Å². The van der Waals surface area contributed by atoms with Gasteiger partial charge >= 0.3 is 5.97 Å². The van der Waals surface area contributed by atoms with Gasteiger partial charge in [-0.3, -0.25) is 14.5 Å². The molecule has 10 nitrogen and oxygen atoms in total. The number of rotatable bonds is 5. The van der Waals surface area contributed by atoms with Gasteiger partial charge in [0.25, 0.3) is 0 Å². The molecule has 3 heterocycles. The number of ether oxygens (including phenoxy) is 4. The Kier molecular flexibility index (Phi) is 11.0. The topological polar surface area (TPSA) is 110 Å². The van der Waals surface area contributed by atoms with Gasteiger partial charge in [0.15, 0.2) is 12.1 Å². The number of methoxy groups -OCH3 is 1. The summed E-state index contributed by atoms with van der Waals surface area (Å²) in [6, 6.07) is 0.0696. The molecule has 0 aromatic heterocycles. The molecule has 3 aliphatic rings. The Morgan fingerprint density at radius 2 is 1.87 bits per heavy atom. The van der Waals surface area contributed by atoms with Crippen LogP contribution in [0.3, 0.4) is 0 Å². The minimum absolute atomic E-state index is 0.00152. The molecule has 0 aromatic carbocycles. The van der Waals surface area contributed by atoms with Gasteiger partial charge in [-0.15, -0.1) is 0 Å². The van der Waals surface area contributed by atoms with E-state index in [-0.39, 0.29) is 49.0 Å². The fourth-order valence-corrected chi connectivity index (χ4v) is 6.42. The monoisotopic (exact) mass is 555 g/mol. The highest BCUT2D eigenvalue weighted by molar-refractivity contribution is 6.03. The van der Waals surface area contributed by atoms with Gasteiger partial charge in [0.1, 0.15) is 18.1 Å². The van der Waals surface area contributed by atoms with Gasteiger partial charge in [-0.1, -0.05) is 6.92 Å². The second-order valence-electron chi connectivity index (χ2n) is 13.1. The number of cyclic esters (lactones) is 1. The van der Waals surface area contributed by atoms with Crippen LogP contribution in [0.4, 0.5) is 0 Å². The van der Waals surface area contributed by atoms with Crippen molar-refractivity contribution in [1.29, 1.82) is 0 Å². The Balaban J connectivity index is 1.94. The van der Waals surface area contributed by atoms with Gasteiger partial charge < -0.3 is 34.3 Å². The predicted octanol–water partition coefficient (Wildman–Crippen LogP) is 1.82. The number of likely N-dealkylation sites (N-methyl/N-ethyl adjacent to an activating group) is 2. The third-order valence-electron chi connectivity index (χ3n) is 9.17. The number of hydrogen-bond acceptors (Lipinski definition) is 10. The number of hydrogen-bond donors (Lipinski definition) is 2. The highest BCUT2D eigenvalue weighted by atomic mass is 16.7. The van der Waals surface area contributed by atoms with Crippen LogP contribution >= 0.6 is 0 Å².